The quantitative estimate of drug-likeness (QED) is 0.668. The third kappa shape index (κ3) is 5.08. The van der Waals surface area contributed by atoms with Crippen molar-refractivity contribution in [3.63, 3.8) is 0 Å². The largest absolute Gasteiger partial charge is 0.489 e. The van der Waals surface area contributed by atoms with E-state index in [4.69, 9.17) is 4.74 Å². The molecule has 0 radical (unpaired) electrons. The smallest absolute Gasteiger partial charge is 0.138 e. The summed E-state index contributed by atoms with van der Waals surface area (Å²) in [6.45, 7) is 8.20. The lowest BCUT2D eigenvalue weighted by Gasteiger charge is -2.26. The van der Waals surface area contributed by atoms with Crippen LogP contribution in [0.1, 0.15) is 45.6 Å². The highest BCUT2D eigenvalue weighted by Crippen LogP contribution is 2.30. The molecule has 0 aliphatic carbocycles. The van der Waals surface area contributed by atoms with Gasteiger partial charge in [0.25, 0.3) is 0 Å². The monoisotopic (exact) mass is 343 g/mol. The van der Waals surface area contributed by atoms with E-state index >= 15 is 0 Å². The molecule has 0 aromatic heterocycles. The molecule has 0 unspecified atom stereocenters. The fourth-order valence-electron chi connectivity index (χ4n) is 1.91. The molecule has 1 rings (SSSR count). The Morgan fingerprint density at radius 1 is 1.25 bits per heavy atom. The number of hydrogen-bond donors (Lipinski definition) is 2. The summed E-state index contributed by atoms with van der Waals surface area (Å²) in [6, 6.07) is 6.03. The van der Waals surface area contributed by atoms with Crippen LogP contribution < -0.4 is 10.1 Å². The van der Waals surface area contributed by atoms with Crippen LogP contribution in [0, 0.1) is 0 Å². The van der Waals surface area contributed by atoms with E-state index in [1.54, 1.807) is 0 Å². The van der Waals surface area contributed by atoms with Crippen molar-refractivity contribution in [2.45, 2.75) is 52.2 Å². The van der Waals surface area contributed by atoms with Gasteiger partial charge in [0.1, 0.15) is 12.4 Å². The molecule has 0 bridgehead atoms. The first-order valence-corrected chi connectivity index (χ1v) is 8.19. The second kappa shape index (κ2) is 8.65. The number of halogens is 1. The zero-order chi connectivity index (χ0) is 15.0. The summed E-state index contributed by atoms with van der Waals surface area (Å²) in [7, 11) is 0. The van der Waals surface area contributed by atoms with E-state index in [9.17, 15) is 5.11 Å². The van der Waals surface area contributed by atoms with Crippen molar-refractivity contribution in [2.24, 2.45) is 0 Å². The van der Waals surface area contributed by atoms with Gasteiger partial charge >= 0.3 is 0 Å². The van der Waals surface area contributed by atoms with E-state index in [0.29, 0.717) is 19.4 Å². The molecule has 0 saturated carbocycles. The van der Waals surface area contributed by atoms with E-state index in [2.05, 4.69) is 34.2 Å². The summed E-state index contributed by atoms with van der Waals surface area (Å²) >= 11 is 3.53. The Kier molecular flexibility index (Phi) is 7.56. The fraction of sp³-hybridized carbons (Fsp3) is 0.625. The molecule has 0 aliphatic heterocycles. The Morgan fingerprint density at radius 2 is 1.95 bits per heavy atom. The van der Waals surface area contributed by atoms with Crippen LogP contribution in [0.3, 0.4) is 0 Å². The Balaban J connectivity index is 2.77. The van der Waals surface area contributed by atoms with Crippen molar-refractivity contribution in [1.82, 2.24) is 5.32 Å². The first kappa shape index (κ1) is 17.5. The van der Waals surface area contributed by atoms with E-state index < -0.39 is 5.60 Å². The predicted molar refractivity (Wildman–Crippen MR) is 87.2 cm³/mol. The highest BCUT2D eigenvalue weighted by Gasteiger charge is 2.24. The summed E-state index contributed by atoms with van der Waals surface area (Å²) in [5, 5.41) is 13.7. The average Bonchev–Trinajstić information content (AvgIpc) is 2.46. The molecule has 0 fully saturated rings. The molecule has 2 N–H and O–H groups in total. The molecule has 0 saturated heterocycles. The first-order valence-electron chi connectivity index (χ1n) is 7.39. The Labute approximate surface area is 130 Å². The van der Waals surface area contributed by atoms with Crippen LogP contribution in [0.15, 0.2) is 22.7 Å². The predicted octanol–water partition coefficient (Wildman–Crippen LogP) is 3.88. The number of rotatable bonds is 9. The van der Waals surface area contributed by atoms with Crippen molar-refractivity contribution in [3.8, 4) is 5.75 Å². The van der Waals surface area contributed by atoms with Crippen molar-refractivity contribution in [1.29, 1.82) is 0 Å². The van der Waals surface area contributed by atoms with E-state index in [0.717, 1.165) is 35.3 Å². The standard InChI is InChI=1S/C16H26BrNO2/c1-4-10-18-11-13-8-7-9-14(17)15(13)20-12-16(19,5-2)6-3/h7-9,18-19H,4-6,10-12H2,1-3H3. The van der Waals surface area contributed by atoms with Crippen LogP contribution in [0.5, 0.6) is 5.75 Å². The average molecular weight is 344 g/mol. The minimum Gasteiger partial charge on any atom is -0.489 e. The molecular weight excluding hydrogens is 318 g/mol. The minimum atomic E-state index is -0.747. The molecule has 0 amide bonds. The highest BCUT2D eigenvalue weighted by molar-refractivity contribution is 9.10. The lowest BCUT2D eigenvalue weighted by molar-refractivity contribution is -0.0118. The summed E-state index contributed by atoms with van der Waals surface area (Å²) in [5.74, 6) is 0.830. The highest BCUT2D eigenvalue weighted by atomic mass is 79.9. The Morgan fingerprint density at radius 3 is 2.55 bits per heavy atom. The number of ether oxygens (including phenoxy) is 1. The van der Waals surface area contributed by atoms with Gasteiger partial charge in [-0.25, -0.2) is 0 Å². The maximum absolute atomic E-state index is 10.3. The molecular formula is C16H26BrNO2. The molecule has 114 valence electrons. The van der Waals surface area contributed by atoms with Gasteiger partial charge in [0, 0.05) is 12.1 Å². The molecule has 3 nitrogen and oxygen atoms in total. The van der Waals surface area contributed by atoms with Gasteiger partial charge < -0.3 is 15.2 Å². The lowest BCUT2D eigenvalue weighted by Crippen LogP contribution is -2.34. The third-order valence-corrected chi connectivity index (χ3v) is 4.22. The SMILES string of the molecule is CCCNCc1cccc(Br)c1OCC(O)(CC)CC. The van der Waals surface area contributed by atoms with Gasteiger partial charge in [0.15, 0.2) is 0 Å². The van der Waals surface area contributed by atoms with Crippen LogP contribution >= 0.6 is 15.9 Å². The van der Waals surface area contributed by atoms with Crippen molar-refractivity contribution < 1.29 is 9.84 Å². The Hall–Kier alpha value is -0.580. The van der Waals surface area contributed by atoms with Crippen LogP contribution in [0.25, 0.3) is 0 Å². The Bertz CT molecular complexity index is 405. The molecule has 20 heavy (non-hydrogen) atoms. The second-order valence-electron chi connectivity index (χ2n) is 5.12. The van der Waals surface area contributed by atoms with Gasteiger partial charge in [-0.2, -0.15) is 0 Å². The lowest BCUT2D eigenvalue weighted by atomic mass is 9.99. The normalized spacial score (nSPS) is 11.7. The number of hydrogen-bond acceptors (Lipinski definition) is 3. The van der Waals surface area contributed by atoms with E-state index in [1.165, 1.54) is 0 Å². The molecule has 0 atom stereocenters. The summed E-state index contributed by atoms with van der Waals surface area (Å²) < 4.78 is 6.84. The first-order chi connectivity index (χ1) is 9.56. The maximum atomic E-state index is 10.3. The van der Waals surface area contributed by atoms with Gasteiger partial charge in [0.05, 0.1) is 10.1 Å². The van der Waals surface area contributed by atoms with Gasteiger partial charge in [-0.3, -0.25) is 0 Å². The number of nitrogens with one attached hydrogen (secondary N) is 1. The van der Waals surface area contributed by atoms with E-state index in [-0.39, 0.29) is 0 Å². The van der Waals surface area contributed by atoms with Gasteiger partial charge in [0.2, 0.25) is 0 Å². The fourth-order valence-corrected chi connectivity index (χ4v) is 2.44. The van der Waals surface area contributed by atoms with Crippen molar-refractivity contribution in [3.05, 3.63) is 28.2 Å². The van der Waals surface area contributed by atoms with Crippen molar-refractivity contribution in [2.75, 3.05) is 13.2 Å². The maximum Gasteiger partial charge on any atom is 0.138 e. The van der Waals surface area contributed by atoms with Crippen molar-refractivity contribution >= 4 is 15.9 Å². The molecule has 1 aromatic carbocycles. The zero-order valence-electron chi connectivity index (χ0n) is 12.7. The van der Waals surface area contributed by atoms with Crippen LogP contribution in [0.2, 0.25) is 0 Å². The molecule has 4 heteroatoms. The van der Waals surface area contributed by atoms with Crippen LogP contribution in [0.4, 0.5) is 0 Å². The molecule has 1 aromatic rings. The van der Waals surface area contributed by atoms with Gasteiger partial charge in [-0.15, -0.1) is 0 Å². The number of aliphatic hydroxyl groups is 1. The summed E-state index contributed by atoms with van der Waals surface area (Å²) in [6.07, 6.45) is 2.49. The third-order valence-electron chi connectivity index (χ3n) is 3.59. The van der Waals surface area contributed by atoms with Crippen LogP contribution in [-0.2, 0) is 6.54 Å². The zero-order valence-corrected chi connectivity index (χ0v) is 14.3. The molecule has 0 spiro atoms. The van der Waals surface area contributed by atoms with Gasteiger partial charge in [-0.05, 0) is 47.8 Å². The van der Waals surface area contributed by atoms with Gasteiger partial charge in [-0.1, -0.05) is 32.9 Å². The summed E-state index contributed by atoms with van der Waals surface area (Å²) in [4.78, 5) is 0. The summed E-state index contributed by atoms with van der Waals surface area (Å²) in [5.41, 5.74) is 0.367. The number of para-hydroxylation sites is 1. The van der Waals surface area contributed by atoms with E-state index in [1.807, 2.05) is 26.0 Å². The molecule has 0 heterocycles. The number of benzene rings is 1. The topological polar surface area (TPSA) is 41.5 Å². The minimum absolute atomic E-state index is 0.323. The van der Waals surface area contributed by atoms with Crippen LogP contribution in [-0.4, -0.2) is 23.9 Å². The molecule has 0 aliphatic rings. The second-order valence-corrected chi connectivity index (χ2v) is 5.98.